The van der Waals surface area contributed by atoms with Crippen molar-refractivity contribution in [2.45, 2.75) is 0 Å². The predicted octanol–water partition coefficient (Wildman–Crippen LogP) is 3.12. The lowest BCUT2D eigenvalue weighted by molar-refractivity contribution is -0.129. The molecule has 0 saturated heterocycles. The van der Waals surface area contributed by atoms with E-state index in [2.05, 4.69) is 4.99 Å². The number of thiophene rings is 1. The number of carbonyl (C=O) groups is 1. The van der Waals surface area contributed by atoms with Gasteiger partial charge in [-0.1, -0.05) is 6.07 Å². The summed E-state index contributed by atoms with van der Waals surface area (Å²) in [6.45, 7) is 0. The second kappa shape index (κ2) is 6.76. The Morgan fingerprint density at radius 2 is 1.83 bits per heavy atom. The van der Waals surface area contributed by atoms with Gasteiger partial charge in [-0.3, -0.25) is 0 Å². The molecule has 3 rings (SSSR count). The fourth-order valence-electron chi connectivity index (χ4n) is 2.26. The second-order valence-corrected chi connectivity index (χ2v) is 5.72. The number of esters is 1. The third-order valence-corrected chi connectivity index (χ3v) is 4.20. The van der Waals surface area contributed by atoms with Crippen LogP contribution in [0.5, 0.6) is 17.2 Å². The van der Waals surface area contributed by atoms with Crippen molar-refractivity contribution in [1.29, 1.82) is 0 Å². The minimum absolute atomic E-state index is 0.215. The molecule has 1 aromatic heterocycles. The summed E-state index contributed by atoms with van der Waals surface area (Å²) in [6.07, 6.45) is 1.62. The summed E-state index contributed by atoms with van der Waals surface area (Å²) in [5.74, 6) is 1.30. The topological polar surface area (TPSA) is 66.4 Å². The van der Waals surface area contributed by atoms with E-state index >= 15 is 0 Å². The van der Waals surface area contributed by atoms with Crippen molar-refractivity contribution in [3.05, 3.63) is 45.8 Å². The van der Waals surface area contributed by atoms with Crippen LogP contribution in [0.4, 0.5) is 0 Å². The molecule has 0 radical (unpaired) electrons. The van der Waals surface area contributed by atoms with E-state index < -0.39 is 5.97 Å². The lowest BCUT2D eigenvalue weighted by Gasteiger charge is -2.12. The van der Waals surface area contributed by atoms with Gasteiger partial charge in [-0.2, -0.15) is 0 Å². The van der Waals surface area contributed by atoms with Gasteiger partial charge < -0.3 is 18.9 Å². The highest BCUT2D eigenvalue weighted by atomic mass is 32.1. The summed E-state index contributed by atoms with van der Waals surface area (Å²) < 4.78 is 21.1. The van der Waals surface area contributed by atoms with Crippen LogP contribution in [0.25, 0.3) is 6.08 Å². The SMILES string of the molecule is COc1cc(C=C2N=C(c3cccs3)OC2=O)cc(OC)c1OC. The molecule has 0 aliphatic carbocycles. The van der Waals surface area contributed by atoms with Gasteiger partial charge >= 0.3 is 5.97 Å². The van der Waals surface area contributed by atoms with Crippen molar-refractivity contribution in [1.82, 2.24) is 0 Å². The Kier molecular flexibility index (Phi) is 4.52. The Morgan fingerprint density at radius 3 is 2.38 bits per heavy atom. The van der Waals surface area contributed by atoms with Crippen LogP contribution in [-0.2, 0) is 9.53 Å². The number of ether oxygens (including phenoxy) is 4. The smallest absolute Gasteiger partial charge is 0.363 e. The van der Waals surface area contributed by atoms with Crippen LogP contribution in [0.1, 0.15) is 10.4 Å². The van der Waals surface area contributed by atoms with Crippen LogP contribution in [-0.4, -0.2) is 33.2 Å². The third-order valence-electron chi connectivity index (χ3n) is 3.34. The van der Waals surface area contributed by atoms with Crippen molar-refractivity contribution >= 4 is 29.3 Å². The Morgan fingerprint density at radius 1 is 1.12 bits per heavy atom. The summed E-state index contributed by atoms with van der Waals surface area (Å²) in [5.41, 5.74) is 0.903. The molecule has 7 heteroatoms. The van der Waals surface area contributed by atoms with Crippen molar-refractivity contribution in [3.63, 3.8) is 0 Å². The molecule has 0 fully saturated rings. The van der Waals surface area contributed by atoms with Crippen molar-refractivity contribution in [2.24, 2.45) is 4.99 Å². The van der Waals surface area contributed by atoms with Crippen molar-refractivity contribution in [2.75, 3.05) is 21.3 Å². The van der Waals surface area contributed by atoms with E-state index in [4.69, 9.17) is 18.9 Å². The number of benzene rings is 1. The van der Waals surface area contributed by atoms with E-state index in [0.717, 1.165) is 4.88 Å². The zero-order valence-corrected chi connectivity index (χ0v) is 14.2. The van der Waals surface area contributed by atoms with Crippen molar-refractivity contribution < 1.29 is 23.7 Å². The quantitative estimate of drug-likeness (QED) is 0.615. The molecular formula is C17H15NO5S. The maximum atomic E-state index is 12.0. The highest BCUT2D eigenvalue weighted by Gasteiger charge is 2.25. The Hall–Kier alpha value is -2.80. The van der Waals surface area contributed by atoms with Crippen molar-refractivity contribution in [3.8, 4) is 17.2 Å². The predicted molar refractivity (Wildman–Crippen MR) is 91.0 cm³/mol. The number of carbonyl (C=O) groups excluding carboxylic acids is 1. The van der Waals surface area contributed by atoms with Gasteiger partial charge in [0.25, 0.3) is 0 Å². The Balaban J connectivity index is 2.00. The fraction of sp³-hybridized carbons (Fsp3) is 0.176. The zero-order valence-electron chi connectivity index (χ0n) is 13.4. The highest BCUT2D eigenvalue weighted by molar-refractivity contribution is 7.12. The molecule has 0 atom stereocenters. The molecule has 6 nitrogen and oxygen atoms in total. The molecule has 0 spiro atoms. The first-order valence-corrected chi connectivity index (χ1v) is 7.90. The second-order valence-electron chi connectivity index (χ2n) is 4.77. The average molecular weight is 345 g/mol. The van der Waals surface area contributed by atoms with Crippen LogP contribution in [0, 0.1) is 0 Å². The van der Waals surface area contributed by atoms with Crippen LogP contribution >= 0.6 is 11.3 Å². The van der Waals surface area contributed by atoms with Crippen LogP contribution < -0.4 is 14.2 Å². The lowest BCUT2D eigenvalue weighted by atomic mass is 10.1. The van der Waals surface area contributed by atoms with Gasteiger partial charge in [-0.25, -0.2) is 9.79 Å². The average Bonchev–Trinajstić information content (AvgIpc) is 3.24. The molecule has 1 aromatic carbocycles. The molecule has 0 saturated carbocycles. The first-order valence-electron chi connectivity index (χ1n) is 7.02. The van der Waals surface area contributed by atoms with E-state index in [1.807, 2.05) is 17.5 Å². The first-order chi connectivity index (χ1) is 11.7. The van der Waals surface area contributed by atoms with E-state index in [1.165, 1.54) is 32.7 Å². The summed E-state index contributed by atoms with van der Waals surface area (Å²) in [6, 6.07) is 7.19. The van der Waals surface area contributed by atoms with E-state index in [0.29, 0.717) is 28.7 Å². The van der Waals surface area contributed by atoms with Crippen LogP contribution in [0.3, 0.4) is 0 Å². The molecule has 2 aromatic rings. The van der Waals surface area contributed by atoms with Gasteiger partial charge in [0.1, 0.15) is 0 Å². The minimum atomic E-state index is -0.493. The van der Waals surface area contributed by atoms with Gasteiger partial charge in [0.2, 0.25) is 11.6 Å². The standard InChI is InChI=1S/C17H15NO5S/c1-20-12-8-10(9-13(21-2)15(12)22-3)7-11-17(19)23-16(18-11)14-5-4-6-24-14/h4-9H,1-3H3. The van der Waals surface area contributed by atoms with Gasteiger partial charge in [-0.15, -0.1) is 11.3 Å². The molecule has 124 valence electrons. The molecule has 2 heterocycles. The summed E-state index contributed by atoms with van der Waals surface area (Å²) >= 11 is 1.46. The van der Waals surface area contributed by atoms with Gasteiger partial charge in [0.05, 0.1) is 26.2 Å². The number of nitrogens with zero attached hydrogens (tertiary/aromatic N) is 1. The summed E-state index contributed by atoms with van der Waals surface area (Å²) in [5, 5.41) is 1.90. The van der Waals surface area contributed by atoms with Gasteiger partial charge in [0.15, 0.2) is 17.2 Å². The minimum Gasteiger partial charge on any atom is -0.493 e. The molecule has 1 aliphatic rings. The maximum absolute atomic E-state index is 12.0. The summed E-state index contributed by atoms with van der Waals surface area (Å²) in [7, 11) is 4.60. The molecule has 0 unspecified atom stereocenters. The Labute approximate surface area is 142 Å². The van der Waals surface area contributed by atoms with Gasteiger partial charge in [0, 0.05) is 0 Å². The number of cyclic esters (lactones) is 1. The van der Waals surface area contributed by atoms with Crippen LogP contribution in [0.15, 0.2) is 40.3 Å². The normalized spacial score (nSPS) is 15.2. The number of aliphatic imine (C=N–C) groups is 1. The maximum Gasteiger partial charge on any atom is 0.363 e. The molecule has 1 aliphatic heterocycles. The first kappa shape index (κ1) is 16.1. The number of hydrogen-bond acceptors (Lipinski definition) is 7. The van der Waals surface area contributed by atoms with Crippen LogP contribution in [0.2, 0.25) is 0 Å². The van der Waals surface area contributed by atoms with E-state index in [9.17, 15) is 4.79 Å². The molecular weight excluding hydrogens is 330 g/mol. The Bertz CT molecular complexity index is 799. The number of hydrogen-bond donors (Lipinski definition) is 0. The molecule has 0 bridgehead atoms. The van der Waals surface area contributed by atoms with Gasteiger partial charge in [-0.05, 0) is 35.2 Å². The number of methoxy groups -OCH3 is 3. The number of rotatable bonds is 5. The van der Waals surface area contributed by atoms with E-state index in [1.54, 1.807) is 18.2 Å². The highest BCUT2D eigenvalue weighted by Crippen LogP contribution is 2.39. The monoisotopic (exact) mass is 345 g/mol. The summed E-state index contributed by atoms with van der Waals surface area (Å²) in [4.78, 5) is 17.1. The van der Waals surface area contributed by atoms with E-state index in [-0.39, 0.29) is 5.70 Å². The molecule has 0 N–H and O–H groups in total. The molecule has 0 amide bonds. The lowest BCUT2D eigenvalue weighted by Crippen LogP contribution is -2.03. The fourth-order valence-corrected chi connectivity index (χ4v) is 2.91. The largest absolute Gasteiger partial charge is 0.493 e. The molecule has 24 heavy (non-hydrogen) atoms. The third kappa shape index (κ3) is 2.98. The zero-order chi connectivity index (χ0) is 17.1.